The molecule has 1 amide bonds. The number of methoxy groups -OCH3 is 1. The van der Waals surface area contributed by atoms with Gasteiger partial charge in [-0.25, -0.2) is 10.4 Å². The van der Waals surface area contributed by atoms with Crippen LogP contribution in [-0.2, 0) is 0 Å². The summed E-state index contributed by atoms with van der Waals surface area (Å²) in [5, 5.41) is 13.6. The van der Waals surface area contributed by atoms with Crippen LogP contribution in [0.4, 0.5) is 5.69 Å². The third-order valence-electron chi connectivity index (χ3n) is 3.21. The average molecular weight is 404 g/mol. The van der Waals surface area contributed by atoms with Crippen LogP contribution in [-0.4, -0.2) is 28.8 Å². The molecule has 1 heterocycles. The molecule has 0 fully saturated rings. The second-order valence-corrected chi connectivity index (χ2v) is 5.93. The van der Waals surface area contributed by atoms with E-state index in [2.05, 4.69) is 15.5 Å². The SMILES string of the molecule is COc1ccc(C(C)=NNC(=O)c2nc(Cl)c(Cl)c(N)c2Cl)c(O)c1. The van der Waals surface area contributed by atoms with Crippen molar-refractivity contribution < 1.29 is 14.6 Å². The van der Waals surface area contributed by atoms with Gasteiger partial charge in [0.2, 0.25) is 0 Å². The molecule has 0 bridgehead atoms. The summed E-state index contributed by atoms with van der Waals surface area (Å²) in [6, 6.07) is 4.67. The first kappa shape index (κ1) is 19.1. The molecule has 0 aliphatic carbocycles. The highest BCUT2D eigenvalue weighted by Crippen LogP contribution is 2.34. The number of phenolic OH excluding ortho intramolecular Hbond substituents is 1. The van der Waals surface area contributed by atoms with Crippen LogP contribution < -0.4 is 15.9 Å². The predicted octanol–water partition coefficient (Wildman–Crippen LogP) is 3.49. The van der Waals surface area contributed by atoms with Crippen molar-refractivity contribution in [2.45, 2.75) is 6.92 Å². The van der Waals surface area contributed by atoms with Crippen molar-refractivity contribution >= 4 is 52.1 Å². The van der Waals surface area contributed by atoms with E-state index in [0.717, 1.165) is 0 Å². The van der Waals surface area contributed by atoms with Gasteiger partial charge in [-0.05, 0) is 19.1 Å². The Bertz CT molecular complexity index is 872. The van der Waals surface area contributed by atoms with E-state index in [9.17, 15) is 9.90 Å². The summed E-state index contributed by atoms with van der Waals surface area (Å²) in [4.78, 5) is 16.0. The highest BCUT2D eigenvalue weighted by atomic mass is 35.5. The number of nitrogens with one attached hydrogen (secondary N) is 1. The van der Waals surface area contributed by atoms with Gasteiger partial charge in [0.1, 0.15) is 16.5 Å². The number of ether oxygens (including phenoxy) is 1. The van der Waals surface area contributed by atoms with Crippen molar-refractivity contribution in [3.63, 3.8) is 0 Å². The summed E-state index contributed by atoms with van der Waals surface area (Å²) in [5.41, 5.74) is 8.42. The van der Waals surface area contributed by atoms with Crippen molar-refractivity contribution in [1.82, 2.24) is 10.4 Å². The number of carbonyl (C=O) groups is 1. The van der Waals surface area contributed by atoms with Crippen LogP contribution in [0.25, 0.3) is 0 Å². The number of halogens is 3. The largest absolute Gasteiger partial charge is 0.507 e. The van der Waals surface area contributed by atoms with E-state index in [1.807, 2.05) is 0 Å². The predicted molar refractivity (Wildman–Crippen MR) is 98.0 cm³/mol. The zero-order valence-corrected chi connectivity index (χ0v) is 15.4. The number of hydrazone groups is 1. The van der Waals surface area contributed by atoms with Crippen LogP contribution in [0.5, 0.6) is 11.5 Å². The molecule has 1 aromatic carbocycles. The molecule has 0 saturated carbocycles. The fourth-order valence-corrected chi connectivity index (χ4v) is 2.47. The maximum Gasteiger partial charge on any atom is 0.291 e. The van der Waals surface area contributed by atoms with Crippen LogP contribution in [0.15, 0.2) is 23.3 Å². The van der Waals surface area contributed by atoms with Crippen molar-refractivity contribution in [2.24, 2.45) is 5.10 Å². The summed E-state index contributed by atoms with van der Waals surface area (Å²) in [6.45, 7) is 1.60. The van der Waals surface area contributed by atoms with E-state index in [0.29, 0.717) is 17.0 Å². The van der Waals surface area contributed by atoms with Crippen LogP contribution in [0.2, 0.25) is 15.2 Å². The number of hydrogen-bond donors (Lipinski definition) is 3. The molecule has 0 aliphatic heterocycles. The van der Waals surface area contributed by atoms with Crippen LogP contribution in [0, 0.1) is 0 Å². The first-order chi connectivity index (χ1) is 11.8. The quantitative estimate of drug-likeness (QED) is 0.411. The van der Waals surface area contributed by atoms with Gasteiger partial charge in [-0.2, -0.15) is 5.10 Å². The summed E-state index contributed by atoms with van der Waals surface area (Å²) < 4.78 is 5.00. The molecule has 0 atom stereocenters. The number of nitrogens with two attached hydrogens (primary N) is 1. The normalized spacial score (nSPS) is 11.3. The first-order valence-electron chi connectivity index (χ1n) is 6.78. The molecule has 1 aromatic heterocycles. The van der Waals surface area contributed by atoms with Gasteiger partial charge in [0, 0.05) is 11.6 Å². The standard InChI is InChI=1S/C15H13Cl3N4O3/c1-6(8-4-3-7(25-2)5-9(8)23)21-22-15(24)13-10(16)12(19)11(17)14(18)20-13/h3-5,23H,1-2H3,(H2,19,20)(H,22,24). The minimum Gasteiger partial charge on any atom is -0.507 e. The summed E-state index contributed by atoms with van der Waals surface area (Å²) in [7, 11) is 1.48. The van der Waals surface area contributed by atoms with Gasteiger partial charge in [0.05, 0.1) is 23.5 Å². The van der Waals surface area contributed by atoms with E-state index in [4.69, 9.17) is 45.3 Å². The third kappa shape index (κ3) is 4.07. The summed E-state index contributed by atoms with van der Waals surface area (Å²) in [5.74, 6) is -0.298. The molecular formula is C15H13Cl3N4O3. The Hall–Kier alpha value is -2.22. The maximum absolute atomic E-state index is 12.2. The molecular weight excluding hydrogens is 391 g/mol. The number of nitrogens with zero attached hydrogens (tertiary/aromatic N) is 2. The Morgan fingerprint density at radius 3 is 2.60 bits per heavy atom. The van der Waals surface area contributed by atoms with Crippen molar-refractivity contribution in [3.8, 4) is 11.5 Å². The molecule has 2 rings (SSSR count). The van der Waals surface area contributed by atoms with E-state index in [1.165, 1.54) is 13.2 Å². The Kier molecular flexibility index (Phi) is 5.94. The second kappa shape index (κ2) is 7.77. The Balaban J connectivity index is 2.26. The highest BCUT2D eigenvalue weighted by Gasteiger charge is 2.19. The highest BCUT2D eigenvalue weighted by molar-refractivity contribution is 6.46. The van der Waals surface area contributed by atoms with Gasteiger partial charge in [-0.1, -0.05) is 34.8 Å². The molecule has 0 unspecified atom stereocenters. The van der Waals surface area contributed by atoms with E-state index >= 15 is 0 Å². The fourth-order valence-electron chi connectivity index (χ4n) is 1.87. The molecule has 25 heavy (non-hydrogen) atoms. The number of rotatable bonds is 4. The van der Waals surface area contributed by atoms with E-state index in [-0.39, 0.29) is 32.3 Å². The summed E-state index contributed by atoms with van der Waals surface area (Å²) >= 11 is 17.6. The Morgan fingerprint density at radius 2 is 2.00 bits per heavy atom. The third-order valence-corrected chi connectivity index (χ3v) is 4.34. The molecule has 0 spiro atoms. The first-order valence-corrected chi connectivity index (χ1v) is 7.91. The van der Waals surface area contributed by atoms with Gasteiger partial charge >= 0.3 is 0 Å². The lowest BCUT2D eigenvalue weighted by atomic mass is 10.1. The second-order valence-electron chi connectivity index (χ2n) is 4.81. The average Bonchev–Trinajstić information content (AvgIpc) is 2.60. The minimum absolute atomic E-state index is 0.0361. The molecule has 0 aliphatic rings. The topological polar surface area (TPSA) is 110 Å². The number of hydrogen-bond acceptors (Lipinski definition) is 6. The number of aromatic nitrogens is 1. The monoisotopic (exact) mass is 402 g/mol. The molecule has 2 aromatic rings. The van der Waals surface area contributed by atoms with Crippen molar-refractivity contribution in [1.29, 1.82) is 0 Å². The zero-order chi connectivity index (χ0) is 18.7. The van der Waals surface area contributed by atoms with Crippen molar-refractivity contribution in [3.05, 3.63) is 44.7 Å². The number of amides is 1. The molecule has 0 radical (unpaired) electrons. The van der Waals surface area contributed by atoms with Gasteiger partial charge in [0.25, 0.3) is 5.91 Å². The molecule has 0 saturated heterocycles. The fraction of sp³-hybridized carbons (Fsp3) is 0.133. The van der Waals surface area contributed by atoms with E-state index in [1.54, 1.807) is 19.1 Å². The number of anilines is 1. The Morgan fingerprint density at radius 1 is 1.32 bits per heavy atom. The maximum atomic E-state index is 12.2. The summed E-state index contributed by atoms with van der Waals surface area (Å²) in [6.07, 6.45) is 0. The van der Waals surface area contributed by atoms with Crippen LogP contribution in [0.3, 0.4) is 0 Å². The molecule has 10 heteroatoms. The van der Waals surface area contributed by atoms with Crippen LogP contribution >= 0.6 is 34.8 Å². The zero-order valence-electron chi connectivity index (χ0n) is 13.1. The van der Waals surface area contributed by atoms with Gasteiger partial charge < -0.3 is 15.6 Å². The van der Waals surface area contributed by atoms with E-state index < -0.39 is 5.91 Å². The van der Waals surface area contributed by atoms with Gasteiger partial charge in [-0.3, -0.25) is 4.79 Å². The lowest BCUT2D eigenvalue weighted by molar-refractivity contribution is 0.0950. The number of benzene rings is 1. The number of phenols is 1. The molecule has 132 valence electrons. The lowest BCUT2D eigenvalue weighted by Gasteiger charge is -2.09. The molecule has 7 nitrogen and oxygen atoms in total. The van der Waals surface area contributed by atoms with Crippen LogP contribution in [0.1, 0.15) is 23.0 Å². The molecule has 4 N–H and O–H groups in total. The minimum atomic E-state index is -0.734. The Labute approximate surface area is 158 Å². The number of pyridine rings is 1. The lowest BCUT2D eigenvalue weighted by Crippen LogP contribution is -2.21. The van der Waals surface area contributed by atoms with Gasteiger partial charge in [-0.15, -0.1) is 0 Å². The van der Waals surface area contributed by atoms with Gasteiger partial charge in [0.15, 0.2) is 10.8 Å². The number of nitrogen functional groups attached to an aromatic ring is 1. The number of aromatic hydroxyl groups is 1. The number of carbonyl (C=O) groups excluding carboxylic acids is 1. The smallest absolute Gasteiger partial charge is 0.291 e. The van der Waals surface area contributed by atoms with Crippen molar-refractivity contribution in [2.75, 3.05) is 12.8 Å².